The molecule has 1 atom stereocenters. The number of fused-ring (bicyclic) bond motifs is 2. The van der Waals surface area contributed by atoms with Crippen LogP contribution in [0.4, 0.5) is 5.00 Å². The molecule has 2 N–H and O–H groups in total. The molecule has 2 heterocycles. The quantitative estimate of drug-likeness (QED) is 0.411. The molecule has 0 spiro atoms. The number of nitrogens with one attached hydrogen (secondary N) is 1. The summed E-state index contributed by atoms with van der Waals surface area (Å²) in [6.07, 6.45) is 7.84. The number of benzene rings is 1. The number of aliphatic hydroxyl groups is 1. The van der Waals surface area contributed by atoms with Crippen LogP contribution in [0.1, 0.15) is 61.3 Å². The largest absolute Gasteiger partial charge is 0.456 e. The summed E-state index contributed by atoms with van der Waals surface area (Å²) in [5, 5.41) is 11.8. The number of aliphatic hydroxyl groups excluding tert-OH is 1. The summed E-state index contributed by atoms with van der Waals surface area (Å²) in [5.74, 6) is 0.582. The zero-order valence-corrected chi connectivity index (χ0v) is 19.8. The fraction of sp³-hybridized carbons (Fsp3) is 0.385. The Morgan fingerprint density at radius 3 is 2.66 bits per heavy atom. The van der Waals surface area contributed by atoms with E-state index in [4.69, 9.17) is 9.52 Å². The molecule has 1 aromatic carbocycles. The van der Waals surface area contributed by atoms with Crippen molar-refractivity contribution >= 4 is 45.6 Å². The molecule has 170 valence electrons. The fourth-order valence-corrected chi connectivity index (χ4v) is 5.74. The first-order valence-corrected chi connectivity index (χ1v) is 11.9. The second kappa shape index (κ2) is 11.2. The minimum atomic E-state index is -0.179. The van der Waals surface area contributed by atoms with Crippen LogP contribution < -0.4 is 5.32 Å². The molecule has 0 aliphatic heterocycles. The summed E-state index contributed by atoms with van der Waals surface area (Å²) < 4.78 is 6.29. The van der Waals surface area contributed by atoms with Crippen molar-refractivity contribution in [3.8, 4) is 0 Å². The Hall–Kier alpha value is -2.70. The standard InChI is InChI=1S/C25H27NO3S.CH4O/c1-3-8-18(14-27)16(2)23(21-13-17-9-4-6-11-20(17)29-21)24-19-10-5-7-12-22(19)30-25(24)26-15-28;1-2/h4,6,9,11,13-15,18H,3,5,7-8,10,12H2,1-2H3,(H,26,28);2H,1H3/b23-16+;. The molecule has 5 nitrogen and oxygen atoms in total. The summed E-state index contributed by atoms with van der Waals surface area (Å²) in [7, 11) is 1.00. The maximum atomic E-state index is 12.0. The van der Waals surface area contributed by atoms with E-state index in [9.17, 15) is 9.59 Å². The average molecular weight is 454 g/mol. The van der Waals surface area contributed by atoms with Crippen LogP contribution in [0, 0.1) is 5.92 Å². The van der Waals surface area contributed by atoms with Gasteiger partial charge in [-0.1, -0.05) is 37.1 Å². The van der Waals surface area contributed by atoms with Crippen LogP contribution in [0.15, 0.2) is 40.3 Å². The van der Waals surface area contributed by atoms with Gasteiger partial charge in [0.2, 0.25) is 6.41 Å². The lowest BCUT2D eigenvalue weighted by Crippen LogP contribution is -2.09. The third-order valence-electron chi connectivity index (χ3n) is 6.00. The van der Waals surface area contributed by atoms with Crippen molar-refractivity contribution < 1.29 is 19.1 Å². The van der Waals surface area contributed by atoms with E-state index in [0.29, 0.717) is 0 Å². The second-order valence-electron chi connectivity index (χ2n) is 7.91. The van der Waals surface area contributed by atoms with Crippen LogP contribution in [0.5, 0.6) is 0 Å². The van der Waals surface area contributed by atoms with Gasteiger partial charge in [0.1, 0.15) is 22.6 Å². The lowest BCUT2D eigenvalue weighted by atomic mass is 9.85. The highest BCUT2D eigenvalue weighted by molar-refractivity contribution is 7.16. The van der Waals surface area contributed by atoms with E-state index in [1.165, 1.54) is 16.9 Å². The fourth-order valence-electron chi connectivity index (χ4n) is 4.49. The van der Waals surface area contributed by atoms with Crippen LogP contribution in [0.3, 0.4) is 0 Å². The molecule has 6 heteroatoms. The van der Waals surface area contributed by atoms with Gasteiger partial charge in [-0.25, -0.2) is 0 Å². The first kappa shape index (κ1) is 24.0. The third kappa shape index (κ3) is 4.71. The lowest BCUT2D eigenvalue weighted by Gasteiger charge is -2.19. The van der Waals surface area contributed by atoms with Gasteiger partial charge in [0.15, 0.2) is 0 Å². The number of para-hydroxylation sites is 1. The SMILES string of the molecule is CCCC(C=O)/C(C)=C(\c1cc2ccccc2o1)c1c(NC=O)sc2c1CCCC2.CO. The Morgan fingerprint density at radius 2 is 1.97 bits per heavy atom. The molecule has 0 bridgehead atoms. The molecule has 1 aliphatic rings. The monoisotopic (exact) mass is 453 g/mol. The molecular formula is C26H31NO4S. The van der Waals surface area contributed by atoms with Gasteiger partial charge in [0.05, 0.1) is 0 Å². The number of carbonyl (C=O) groups is 2. The molecule has 2 aromatic heterocycles. The first-order chi connectivity index (χ1) is 15.7. The molecule has 1 aliphatic carbocycles. The number of anilines is 1. The maximum Gasteiger partial charge on any atom is 0.212 e. The Morgan fingerprint density at radius 1 is 1.22 bits per heavy atom. The zero-order chi connectivity index (χ0) is 23.1. The van der Waals surface area contributed by atoms with E-state index < -0.39 is 0 Å². The van der Waals surface area contributed by atoms with Crippen molar-refractivity contribution in [2.45, 2.75) is 52.4 Å². The lowest BCUT2D eigenvalue weighted by molar-refractivity contribution is -0.110. The average Bonchev–Trinajstić information content (AvgIpc) is 3.41. The van der Waals surface area contributed by atoms with Crippen molar-refractivity contribution in [3.63, 3.8) is 0 Å². The molecule has 1 amide bonds. The number of rotatable bonds is 8. The van der Waals surface area contributed by atoms with Crippen LogP contribution in [-0.2, 0) is 22.4 Å². The third-order valence-corrected chi connectivity index (χ3v) is 7.22. The highest BCUT2D eigenvalue weighted by atomic mass is 32.1. The predicted molar refractivity (Wildman–Crippen MR) is 131 cm³/mol. The molecule has 0 radical (unpaired) electrons. The van der Waals surface area contributed by atoms with E-state index in [1.54, 1.807) is 11.3 Å². The molecule has 0 saturated carbocycles. The summed E-state index contributed by atoms with van der Waals surface area (Å²) in [5.41, 5.74) is 5.13. The van der Waals surface area contributed by atoms with Gasteiger partial charge in [0.25, 0.3) is 0 Å². The van der Waals surface area contributed by atoms with E-state index in [-0.39, 0.29) is 5.92 Å². The van der Waals surface area contributed by atoms with E-state index in [2.05, 4.69) is 18.3 Å². The minimum Gasteiger partial charge on any atom is -0.456 e. The molecule has 4 rings (SSSR count). The second-order valence-corrected chi connectivity index (χ2v) is 9.02. The normalized spacial score (nSPS) is 14.6. The summed E-state index contributed by atoms with van der Waals surface area (Å²) in [6, 6.07) is 10.0. The first-order valence-electron chi connectivity index (χ1n) is 11.1. The number of allylic oxidation sites excluding steroid dienone is 1. The highest BCUT2D eigenvalue weighted by Gasteiger charge is 2.28. The van der Waals surface area contributed by atoms with Crippen molar-refractivity contribution in [2.75, 3.05) is 12.4 Å². The van der Waals surface area contributed by atoms with Gasteiger partial charge >= 0.3 is 0 Å². The van der Waals surface area contributed by atoms with Gasteiger partial charge < -0.3 is 19.6 Å². The zero-order valence-electron chi connectivity index (χ0n) is 18.9. The number of hydrogen-bond acceptors (Lipinski definition) is 5. The van der Waals surface area contributed by atoms with Crippen molar-refractivity contribution in [3.05, 3.63) is 57.7 Å². The van der Waals surface area contributed by atoms with Gasteiger partial charge in [-0.15, -0.1) is 11.3 Å². The van der Waals surface area contributed by atoms with E-state index >= 15 is 0 Å². The van der Waals surface area contributed by atoms with Crippen LogP contribution in [0.25, 0.3) is 16.5 Å². The minimum absolute atomic E-state index is 0.179. The molecule has 0 saturated heterocycles. The Bertz CT molecular complexity index is 1080. The van der Waals surface area contributed by atoms with Gasteiger partial charge in [-0.3, -0.25) is 4.79 Å². The number of thiophene rings is 1. The van der Waals surface area contributed by atoms with Crippen molar-refractivity contribution in [1.29, 1.82) is 0 Å². The maximum absolute atomic E-state index is 12.0. The number of aryl methyl sites for hydroxylation is 1. The smallest absolute Gasteiger partial charge is 0.212 e. The topological polar surface area (TPSA) is 79.5 Å². The number of hydrogen-bond donors (Lipinski definition) is 2. The van der Waals surface area contributed by atoms with Gasteiger partial charge in [-0.2, -0.15) is 0 Å². The predicted octanol–water partition coefficient (Wildman–Crippen LogP) is 5.99. The number of amides is 1. The van der Waals surface area contributed by atoms with Crippen molar-refractivity contribution in [2.24, 2.45) is 5.92 Å². The molecule has 3 aromatic rings. The van der Waals surface area contributed by atoms with Crippen LogP contribution in [0.2, 0.25) is 0 Å². The summed E-state index contributed by atoms with van der Waals surface area (Å²) in [4.78, 5) is 24.7. The van der Waals surface area contributed by atoms with Gasteiger partial charge in [-0.05, 0) is 56.7 Å². The Labute approximate surface area is 193 Å². The highest BCUT2D eigenvalue weighted by Crippen LogP contribution is 2.46. The van der Waals surface area contributed by atoms with E-state index in [0.717, 1.165) is 90.4 Å². The number of carbonyl (C=O) groups excluding carboxylic acids is 2. The molecule has 32 heavy (non-hydrogen) atoms. The van der Waals surface area contributed by atoms with Crippen molar-refractivity contribution in [1.82, 2.24) is 0 Å². The molecule has 1 unspecified atom stereocenters. The van der Waals surface area contributed by atoms with E-state index in [1.807, 2.05) is 31.2 Å². The summed E-state index contributed by atoms with van der Waals surface area (Å²) >= 11 is 1.66. The number of furan rings is 1. The molecular weight excluding hydrogens is 422 g/mol. The summed E-state index contributed by atoms with van der Waals surface area (Å²) in [6.45, 7) is 4.13. The van der Waals surface area contributed by atoms with Crippen LogP contribution >= 0.6 is 11.3 Å². The van der Waals surface area contributed by atoms with Gasteiger partial charge in [0, 0.05) is 34.4 Å². The molecule has 0 fully saturated rings. The van der Waals surface area contributed by atoms with Crippen LogP contribution in [-0.4, -0.2) is 24.9 Å². The Balaban J connectivity index is 0.00000141. The Kier molecular flexibility index (Phi) is 8.42. The number of aldehydes is 1.